The smallest absolute Gasteiger partial charge is 0.317 e. The molecule has 1 aromatic heterocycles. The van der Waals surface area contributed by atoms with Crippen LogP contribution in [0.5, 0.6) is 0 Å². The number of pyridine rings is 1. The standard InChI is InChI=1S/C6H7N3O/c7-6(10)9-5-3-1-2-4-8-5/h1-4H,(H3,7,8,9,10)/i1D,4D. The summed E-state index contributed by atoms with van der Waals surface area (Å²) in [7, 11) is 0. The quantitative estimate of drug-likeness (QED) is 0.597. The maximum absolute atomic E-state index is 10.3. The highest BCUT2D eigenvalue weighted by Gasteiger charge is 1.92. The Morgan fingerprint density at radius 1 is 1.90 bits per heavy atom. The molecule has 52 valence electrons. The number of rotatable bonds is 1. The summed E-state index contributed by atoms with van der Waals surface area (Å²) in [5, 5.41) is 2.17. The van der Waals surface area contributed by atoms with Crippen LogP contribution >= 0.6 is 0 Å². The van der Waals surface area contributed by atoms with E-state index in [1.54, 1.807) is 0 Å². The molecule has 0 radical (unpaired) electrons. The Kier molecular flexibility index (Phi) is 1.20. The van der Waals surface area contributed by atoms with E-state index >= 15 is 0 Å². The average molecular weight is 139 g/mol. The number of urea groups is 1. The van der Waals surface area contributed by atoms with Crippen LogP contribution in [0.3, 0.4) is 0 Å². The van der Waals surface area contributed by atoms with Gasteiger partial charge in [0.15, 0.2) is 0 Å². The Morgan fingerprint density at radius 3 is 3.30 bits per heavy atom. The lowest BCUT2D eigenvalue weighted by Crippen LogP contribution is -2.19. The van der Waals surface area contributed by atoms with E-state index in [0.29, 0.717) is 0 Å². The Labute approximate surface area is 60.9 Å². The molecule has 0 aliphatic rings. The van der Waals surface area contributed by atoms with Gasteiger partial charge in [-0.15, -0.1) is 0 Å². The molecule has 4 nitrogen and oxygen atoms in total. The summed E-state index contributed by atoms with van der Waals surface area (Å²) in [4.78, 5) is 13.9. The molecule has 1 heterocycles. The van der Waals surface area contributed by atoms with Crippen molar-refractivity contribution in [3.63, 3.8) is 0 Å². The van der Waals surface area contributed by atoms with Crippen molar-refractivity contribution in [2.45, 2.75) is 0 Å². The van der Waals surface area contributed by atoms with Gasteiger partial charge in [0.25, 0.3) is 0 Å². The topological polar surface area (TPSA) is 68.0 Å². The van der Waals surface area contributed by atoms with Crippen LogP contribution in [0.15, 0.2) is 24.3 Å². The van der Waals surface area contributed by atoms with Gasteiger partial charge >= 0.3 is 6.03 Å². The molecule has 4 heteroatoms. The number of nitrogens with one attached hydrogen (secondary N) is 1. The highest BCUT2D eigenvalue weighted by molar-refractivity contribution is 5.86. The number of hydrogen-bond donors (Lipinski definition) is 2. The molecule has 2 amide bonds. The fourth-order valence-corrected chi connectivity index (χ4v) is 0.482. The third-order valence-corrected chi connectivity index (χ3v) is 0.804. The molecular weight excluding hydrogens is 130 g/mol. The van der Waals surface area contributed by atoms with Crippen LogP contribution in [-0.2, 0) is 0 Å². The van der Waals surface area contributed by atoms with Crippen LogP contribution in [0.2, 0.25) is 0 Å². The fourth-order valence-electron chi connectivity index (χ4n) is 0.482. The lowest BCUT2D eigenvalue weighted by Gasteiger charge is -1.96. The maximum atomic E-state index is 10.3. The first-order valence-corrected chi connectivity index (χ1v) is 2.59. The van der Waals surface area contributed by atoms with E-state index in [9.17, 15) is 4.79 Å². The summed E-state index contributed by atoms with van der Waals surface area (Å²) in [6, 6.07) is 1.92. The normalized spacial score (nSPS) is 11.6. The van der Waals surface area contributed by atoms with Crippen molar-refractivity contribution in [1.82, 2.24) is 4.98 Å². The molecule has 1 aromatic rings. The van der Waals surface area contributed by atoms with Gasteiger partial charge in [0.05, 0.1) is 2.74 Å². The van der Waals surface area contributed by atoms with Crippen LogP contribution in [0, 0.1) is 0 Å². The van der Waals surface area contributed by atoms with Crippen molar-refractivity contribution in [3.05, 3.63) is 24.3 Å². The van der Waals surface area contributed by atoms with Gasteiger partial charge in [-0.25, -0.2) is 9.78 Å². The van der Waals surface area contributed by atoms with Crippen LogP contribution < -0.4 is 11.1 Å². The van der Waals surface area contributed by atoms with Gasteiger partial charge in [-0.2, -0.15) is 0 Å². The zero-order chi connectivity index (χ0) is 9.14. The first-order valence-electron chi connectivity index (χ1n) is 3.59. The third-order valence-electron chi connectivity index (χ3n) is 0.804. The molecule has 0 spiro atoms. The van der Waals surface area contributed by atoms with Gasteiger partial charge in [-0.05, 0) is 12.1 Å². The number of primary amides is 1. The number of carbonyl (C=O) groups is 1. The highest BCUT2D eigenvalue weighted by atomic mass is 16.2. The van der Waals surface area contributed by atoms with Gasteiger partial charge in [-0.3, -0.25) is 5.32 Å². The van der Waals surface area contributed by atoms with Crippen molar-refractivity contribution >= 4 is 11.8 Å². The predicted octanol–water partition coefficient (Wildman–Crippen LogP) is 0.572. The summed E-state index contributed by atoms with van der Waals surface area (Å²) < 4.78 is 14.3. The first-order chi connectivity index (χ1) is 5.58. The summed E-state index contributed by atoms with van der Waals surface area (Å²) in [5.74, 6) is 0.125. The SMILES string of the molecule is [2H]c1cc([2H])nc(NC(N)=O)c1. The monoisotopic (exact) mass is 139 g/mol. The molecule has 0 unspecified atom stereocenters. The van der Waals surface area contributed by atoms with Crippen LogP contribution in [-0.4, -0.2) is 11.0 Å². The molecule has 1 rings (SSSR count). The molecule has 0 fully saturated rings. The lowest BCUT2D eigenvalue weighted by atomic mass is 10.5. The van der Waals surface area contributed by atoms with Crippen molar-refractivity contribution in [3.8, 4) is 0 Å². The Morgan fingerprint density at radius 2 is 2.70 bits per heavy atom. The predicted molar refractivity (Wildman–Crippen MR) is 37.4 cm³/mol. The van der Waals surface area contributed by atoms with E-state index in [4.69, 9.17) is 8.48 Å². The molecular formula is C6H7N3O. The summed E-state index contributed by atoms with van der Waals surface area (Å²) in [6.07, 6.45) is -0.0775. The maximum Gasteiger partial charge on any atom is 0.317 e. The van der Waals surface area contributed by atoms with Crippen LogP contribution in [0.1, 0.15) is 2.74 Å². The van der Waals surface area contributed by atoms with Crippen LogP contribution in [0.4, 0.5) is 10.6 Å². The van der Waals surface area contributed by atoms with E-state index in [1.165, 1.54) is 12.1 Å². The molecule has 10 heavy (non-hydrogen) atoms. The van der Waals surface area contributed by atoms with E-state index in [0.717, 1.165) is 0 Å². The second-order valence-corrected chi connectivity index (χ2v) is 1.57. The average Bonchev–Trinajstić information content (AvgIpc) is 1.81. The molecule has 0 aromatic carbocycles. The minimum absolute atomic E-state index is 0.0775. The minimum atomic E-state index is -0.757. The zero-order valence-electron chi connectivity index (χ0n) is 7.09. The summed E-state index contributed by atoms with van der Waals surface area (Å²) in [6.45, 7) is 0. The largest absolute Gasteiger partial charge is 0.351 e. The number of aromatic nitrogens is 1. The van der Waals surface area contributed by atoms with E-state index in [-0.39, 0.29) is 18.0 Å². The Hall–Kier alpha value is -1.58. The van der Waals surface area contributed by atoms with E-state index in [1.807, 2.05) is 0 Å². The second kappa shape index (κ2) is 2.82. The van der Waals surface area contributed by atoms with Gasteiger partial charge in [0, 0.05) is 6.17 Å². The van der Waals surface area contributed by atoms with Crippen molar-refractivity contribution in [2.24, 2.45) is 5.73 Å². The molecule has 0 bridgehead atoms. The summed E-state index contributed by atoms with van der Waals surface area (Å²) in [5.41, 5.74) is 4.81. The van der Waals surface area contributed by atoms with E-state index < -0.39 is 6.03 Å². The molecule has 0 atom stereocenters. The van der Waals surface area contributed by atoms with Gasteiger partial charge in [-0.1, -0.05) is 6.04 Å². The highest BCUT2D eigenvalue weighted by Crippen LogP contribution is 1.97. The number of carbonyl (C=O) groups excluding carboxylic acids is 1. The molecule has 0 saturated carbocycles. The molecule has 3 N–H and O–H groups in total. The number of amides is 2. The lowest BCUT2D eigenvalue weighted by molar-refractivity contribution is 0.259. The first kappa shape index (κ1) is 4.27. The van der Waals surface area contributed by atoms with Gasteiger partial charge in [0.1, 0.15) is 5.82 Å². The van der Waals surface area contributed by atoms with Crippen molar-refractivity contribution in [2.75, 3.05) is 5.32 Å². The molecule has 0 saturated heterocycles. The fraction of sp³-hybridized carbons (Fsp3) is 0. The number of nitrogens with two attached hydrogens (primary N) is 1. The summed E-state index contributed by atoms with van der Waals surface area (Å²) >= 11 is 0. The van der Waals surface area contributed by atoms with Crippen LogP contribution in [0.25, 0.3) is 0 Å². The van der Waals surface area contributed by atoms with Gasteiger partial charge in [0.2, 0.25) is 0 Å². The minimum Gasteiger partial charge on any atom is -0.351 e. The Bertz CT molecular complexity index is 295. The molecule has 0 aliphatic heterocycles. The number of nitrogens with zero attached hydrogens (tertiary/aromatic N) is 1. The van der Waals surface area contributed by atoms with Gasteiger partial charge < -0.3 is 5.73 Å². The number of hydrogen-bond acceptors (Lipinski definition) is 2. The van der Waals surface area contributed by atoms with E-state index in [2.05, 4.69) is 10.3 Å². The third kappa shape index (κ3) is 1.74. The van der Waals surface area contributed by atoms with Crippen molar-refractivity contribution < 1.29 is 7.54 Å². The van der Waals surface area contributed by atoms with Crippen molar-refractivity contribution in [1.29, 1.82) is 0 Å². The number of anilines is 1. The second-order valence-electron chi connectivity index (χ2n) is 1.57. The molecule has 0 aliphatic carbocycles. The zero-order valence-corrected chi connectivity index (χ0v) is 5.09. The Balaban J connectivity index is 2.93.